The van der Waals surface area contributed by atoms with Crippen LogP contribution in [0.2, 0.25) is 0 Å². The Morgan fingerprint density at radius 1 is 1.32 bits per heavy atom. The summed E-state index contributed by atoms with van der Waals surface area (Å²) in [6, 6.07) is 8.70. The Hall–Kier alpha value is -2.94. The van der Waals surface area contributed by atoms with Crippen molar-refractivity contribution in [1.82, 2.24) is 14.6 Å². The summed E-state index contributed by atoms with van der Waals surface area (Å²) >= 11 is 0. The minimum atomic E-state index is -0.621. The molecule has 0 aliphatic rings. The van der Waals surface area contributed by atoms with E-state index in [2.05, 4.69) is 10.1 Å². The van der Waals surface area contributed by atoms with Crippen LogP contribution in [0.15, 0.2) is 41.5 Å². The maximum atomic E-state index is 13.6. The van der Waals surface area contributed by atoms with Crippen LogP contribution in [0, 0.1) is 17.1 Å². The number of aromatic nitrogens is 3. The van der Waals surface area contributed by atoms with Gasteiger partial charge in [-0.2, -0.15) is 5.26 Å². The number of pyridine rings is 1. The lowest BCUT2D eigenvalue weighted by atomic mass is 10.1. The second-order valence-electron chi connectivity index (χ2n) is 3.96. The molecule has 92 valence electrons. The zero-order chi connectivity index (χ0) is 13.4. The Morgan fingerprint density at radius 2 is 2.16 bits per heavy atom. The molecule has 0 aliphatic carbocycles. The summed E-state index contributed by atoms with van der Waals surface area (Å²) < 4.78 is 15.2. The molecule has 0 bridgehead atoms. The van der Waals surface area contributed by atoms with E-state index in [4.69, 9.17) is 5.26 Å². The zero-order valence-corrected chi connectivity index (χ0v) is 9.59. The molecule has 1 aromatic carbocycles. The molecule has 3 aromatic rings. The van der Waals surface area contributed by atoms with E-state index < -0.39 is 5.82 Å². The second kappa shape index (κ2) is 4.07. The van der Waals surface area contributed by atoms with Crippen LogP contribution in [0.1, 0.15) is 5.56 Å². The third-order valence-electron chi connectivity index (χ3n) is 2.79. The van der Waals surface area contributed by atoms with Crippen molar-refractivity contribution < 1.29 is 4.39 Å². The summed E-state index contributed by atoms with van der Waals surface area (Å²) in [5.41, 5.74) is 1.18. The molecular weight excluding hydrogens is 247 g/mol. The van der Waals surface area contributed by atoms with Gasteiger partial charge in [-0.05, 0) is 12.1 Å². The summed E-state index contributed by atoms with van der Waals surface area (Å²) in [4.78, 5) is 15.6. The lowest BCUT2D eigenvalue weighted by Crippen LogP contribution is -2.04. The Labute approximate surface area is 106 Å². The third kappa shape index (κ3) is 1.77. The van der Waals surface area contributed by atoms with Crippen LogP contribution in [0.5, 0.6) is 0 Å². The van der Waals surface area contributed by atoms with Gasteiger partial charge < -0.3 is 0 Å². The molecule has 0 spiro atoms. The molecule has 0 amide bonds. The van der Waals surface area contributed by atoms with Gasteiger partial charge in [0.15, 0.2) is 11.1 Å². The molecule has 2 heterocycles. The van der Waals surface area contributed by atoms with Crippen molar-refractivity contribution in [2.24, 2.45) is 0 Å². The number of nitrogens with one attached hydrogen (secondary N) is 1. The first kappa shape index (κ1) is 11.2. The molecule has 19 heavy (non-hydrogen) atoms. The summed E-state index contributed by atoms with van der Waals surface area (Å²) in [6.45, 7) is 0. The minimum Gasteiger partial charge on any atom is -0.290 e. The van der Waals surface area contributed by atoms with E-state index in [0.717, 1.165) is 0 Å². The summed E-state index contributed by atoms with van der Waals surface area (Å²) in [5.74, 6) is -0.621. The van der Waals surface area contributed by atoms with Crippen LogP contribution in [-0.2, 0) is 0 Å². The number of hydrogen-bond donors (Lipinski definition) is 1. The van der Waals surface area contributed by atoms with E-state index in [-0.39, 0.29) is 11.0 Å². The monoisotopic (exact) mass is 254 g/mol. The van der Waals surface area contributed by atoms with Gasteiger partial charge >= 0.3 is 0 Å². The summed E-state index contributed by atoms with van der Waals surface area (Å²) in [5, 5.41) is 11.5. The van der Waals surface area contributed by atoms with E-state index in [9.17, 15) is 9.18 Å². The third-order valence-corrected chi connectivity index (χ3v) is 2.79. The normalized spacial score (nSPS) is 10.5. The van der Waals surface area contributed by atoms with Crippen LogP contribution >= 0.6 is 0 Å². The molecule has 2 aromatic heterocycles. The lowest BCUT2D eigenvalue weighted by molar-refractivity contribution is 0.624. The highest BCUT2D eigenvalue weighted by Gasteiger charge is 2.09. The van der Waals surface area contributed by atoms with Crippen molar-refractivity contribution >= 4 is 5.65 Å². The van der Waals surface area contributed by atoms with Crippen LogP contribution in [-0.4, -0.2) is 14.6 Å². The van der Waals surface area contributed by atoms with Crippen molar-refractivity contribution in [3.63, 3.8) is 0 Å². The molecular formula is C13H7FN4O. The molecule has 0 saturated heterocycles. The first-order valence-electron chi connectivity index (χ1n) is 5.45. The largest absolute Gasteiger partial charge is 0.290 e. The molecule has 1 N–H and O–H groups in total. The van der Waals surface area contributed by atoms with Crippen LogP contribution < -0.4 is 5.43 Å². The minimum absolute atomic E-state index is 0.0344. The molecule has 6 heteroatoms. The standard InChI is InChI=1S/C13H7FN4O/c14-11-3-8(1-2-9(11)6-15)12-4-10(19)5-13-16-7-17-18(12)13/h1-5,7H,(H,16,17). The summed E-state index contributed by atoms with van der Waals surface area (Å²) in [6.07, 6.45) is 1.44. The van der Waals surface area contributed by atoms with Gasteiger partial charge in [-0.3, -0.25) is 9.89 Å². The predicted molar refractivity (Wildman–Crippen MR) is 65.9 cm³/mol. The highest BCUT2D eigenvalue weighted by molar-refractivity contribution is 5.63. The predicted octanol–water partition coefficient (Wildman–Crippen LogP) is 1.70. The van der Waals surface area contributed by atoms with Crippen LogP contribution in [0.4, 0.5) is 4.39 Å². The fourth-order valence-electron chi connectivity index (χ4n) is 1.92. The quantitative estimate of drug-likeness (QED) is 0.718. The van der Waals surface area contributed by atoms with Gasteiger partial charge in [0.2, 0.25) is 0 Å². The van der Waals surface area contributed by atoms with Crippen LogP contribution in [0.25, 0.3) is 16.9 Å². The van der Waals surface area contributed by atoms with Crippen molar-refractivity contribution in [2.45, 2.75) is 0 Å². The number of aromatic amines is 1. The highest BCUT2D eigenvalue weighted by Crippen LogP contribution is 2.20. The Morgan fingerprint density at radius 3 is 2.89 bits per heavy atom. The van der Waals surface area contributed by atoms with Gasteiger partial charge in [0.25, 0.3) is 0 Å². The molecule has 0 saturated carbocycles. The van der Waals surface area contributed by atoms with E-state index in [1.807, 2.05) is 0 Å². The van der Waals surface area contributed by atoms with Gasteiger partial charge in [-0.15, -0.1) is 0 Å². The molecule has 0 aliphatic heterocycles. The average Bonchev–Trinajstić information content (AvgIpc) is 2.85. The first-order valence-corrected chi connectivity index (χ1v) is 5.45. The van der Waals surface area contributed by atoms with E-state index in [1.165, 1.54) is 30.6 Å². The highest BCUT2D eigenvalue weighted by atomic mass is 19.1. The topological polar surface area (TPSA) is 73.9 Å². The number of halogens is 1. The number of nitriles is 1. The van der Waals surface area contributed by atoms with Gasteiger partial charge in [-0.25, -0.2) is 13.9 Å². The van der Waals surface area contributed by atoms with Gasteiger partial charge in [-0.1, -0.05) is 6.07 Å². The fourth-order valence-corrected chi connectivity index (χ4v) is 1.92. The molecule has 0 fully saturated rings. The van der Waals surface area contributed by atoms with Gasteiger partial charge in [0.05, 0.1) is 11.3 Å². The van der Waals surface area contributed by atoms with Gasteiger partial charge in [0, 0.05) is 17.7 Å². The maximum absolute atomic E-state index is 13.6. The lowest BCUT2D eigenvalue weighted by Gasteiger charge is -2.05. The van der Waals surface area contributed by atoms with Crippen LogP contribution in [0.3, 0.4) is 0 Å². The Balaban J connectivity index is 2.30. The maximum Gasteiger partial charge on any atom is 0.184 e. The number of H-pyrrole nitrogens is 1. The summed E-state index contributed by atoms with van der Waals surface area (Å²) in [7, 11) is 0. The second-order valence-corrected chi connectivity index (χ2v) is 3.96. The molecule has 0 radical (unpaired) electrons. The SMILES string of the molecule is N#Cc1ccc(-c2cc(=O)cc3nc[nH]n23)cc1F. The van der Waals surface area contributed by atoms with E-state index in [1.54, 1.807) is 16.7 Å². The zero-order valence-electron chi connectivity index (χ0n) is 9.59. The van der Waals surface area contributed by atoms with Crippen molar-refractivity contribution in [2.75, 3.05) is 0 Å². The van der Waals surface area contributed by atoms with Crippen molar-refractivity contribution in [3.05, 3.63) is 58.3 Å². The van der Waals surface area contributed by atoms with E-state index >= 15 is 0 Å². The number of rotatable bonds is 1. The fraction of sp³-hybridized carbons (Fsp3) is 0. The molecule has 5 nitrogen and oxygen atoms in total. The molecule has 0 atom stereocenters. The smallest absolute Gasteiger partial charge is 0.184 e. The molecule has 0 unspecified atom stereocenters. The number of nitrogens with zero attached hydrogens (tertiary/aromatic N) is 3. The Kier molecular flexibility index (Phi) is 2.39. The van der Waals surface area contributed by atoms with E-state index in [0.29, 0.717) is 16.9 Å². The van der Waals surface area contributed by atoms with Gasteiger partial charge in [0.1, 0.15) is 18.2 Å². The average molecular weight is 254 g/mol. The Bertz CT molecular complexity index is 872. The van der Waals surface area contributed by atoms with Crippen molar-refractivity contribution in [1.29, 1.82) is 5.26 Å². The first-order chi connectivity index (χ1) is 9.19. The number of hydrogen-bond acceptors (Lipinski definition) is 3. The molecule has 3 rings (SSSR count). The number of fused-ring (bicyclic) bond motifs is 1. The van der Waals surface area contributed by atoms with Crippen molar-refractivity contribution in [3.8, 4) is 17.3 Å². The number of benzene rings is 1.